The fourth-order valence-corrected chi connectivity index (χ4v) is 3.51. The molecular weight excluding hydrogens is 370 g/mol. The highest BCUT2D eigenvalue weighted by molar-refractivity contribution is 5.80. The van der Waals surface area contributed by atoms with Gasteiger partial charge in [-0.1, -0.05) is 12.1 Å². The summed E-state index contributed by atoms with van der Waals surface area (Å²) in [5.74, 6) is -0.974. The van der Waals surface area contributed by atoms with Gasteiger partial charge in [-0.05, 0) is 48.3 Å². The molecule has 1 unspecified atom stereocenters. The summed E-state index contributed by atoms with van der Waals surface area (Å²) < 4.78 is 0. The van der Waals surface area contributed by atoms with E-state index in [1.807, 2.05) is 30.5 Å². The highest BCUT2D eigenvalue weighted by atomic mass is 16.4. The predicted octanol–water partition coefficient (Wildman–Crippen LogP) is 2.42. The van der Waals surface area contributed by atoms with Crippen molar-refractivity contribution < 1.29 is 9.90 Å². The zero-order chi connectivity index (χ0) is 20.4. The summed E-state index contributed by atoms with van der Waals surface area (Å²) in [7, 11) is 1.68. The molecule has 0 fully saturated rings. The van der Waals surface area contributed by atoms with Crippen LogP contribution in [0.2, 0.25) is 0 Å². The minimum Gasteiger partial charge on any atom is -0.480 e. The molecule has 3 aromatic heterocycles. The second kappa shape index (κ2) is 7.69. The number of aliphatic carboxylic acids is 1. The molecule has 4 rings (SSSR count). The smallest absolute Gasteiger partial charge is 0.317 e. The number of aromatic amines is 2. The molecule has 0 amide bonds. The predicted molar refractivity (Wildman–Crippen MR) is 108 cm³/mol. The lowest BCUT2D eigenvalue weighted by molar-refractivity contribution is -0.138. The van der Waals surface area contributed by atoms with Crippen molar-refractivity contribution in [3.8, 4) is 11.3 Å². The normalized spacial score (nSPS) is 12.3. The Morgan fingerprint density at radius 2 is 1.97 bits per heavy atom. The van der Waals surface area contributed by atoms with Crippen LogP contribution in [0.15, 0.2) is 65.8 Å². The Morgan fingerprint density at radius 3 is 2.72 bits per heavy atom. The molecule has 0 saturated carbocycles. The third-order valence-corrected chi connectivity index (χ3v) is 4.82. The van der Waals surface area contributed by atoms with Gasteiger partial charge < -0.3 is 10.1 Å². The van der Waals surface area contributed by atoms with Crippen LogP contribution in [0.4, 0.5) is 0 Å². The Labute approximate surface area is 165 Å². The van der Waals surface area contributed by atoms with Crippen molar-refractivity contribution in [1.29, 1.82) is 0 Å². The highest BCUT2D eigenvalue weighted by Crippen LogP contribution is 2.29. The SMILES string of the molecule is CN(CC(=O)O)C(c1ccc2cc[nH]c2c1)c1cc(-c2ccncc2)n[nH]c1=O. The summed E-state index contributed by atoms with van der Waals surface area (Å²) in [5, 5.41) is 17.0. The number of nitrogens with one attached hydrogen (secondary N) is 2. The maximum absolute atomic E-state index is 12.7. The first-order valence-electron chi connectivity index (χ1n) is 9.02. The fourth-order valence-electron chi connectivity index (χ4n) is 3.51. The number of fused-ring (bicyclic) bond motifs is 1. The van der Waals surface area contributed by atoms with E-state index in [-0.39, 0.29) is 12.1 Å². The molecule has 0 saturated heterocycles. The summed E-state index contributed by atoms with van der Waals surface area (Å²) in [4.78, 5) is 32.9. The molecule has 0 spiro atoms. The number of rotatable bonds is 6. The molecule has 29 heavy (non-hydrogen) atoms. The van der Waals surface area contributed by atoms with E-state index >= 15 is 0 Å². The summed E-state index contributed by atoms with van der Waals surface area (Å²) >= 11 is 0. The van der Waals surface area contributed by atoms with Crippen LogP contribution in [-0.2, 0) is 4.79 Å². The number of benzene rings is 1. The van der Waals surface area contributed by atoms with Gasteiger partial charge in [0.2, 0.25) is 0 Å². The number of pyridine rings is 1. The van der Waals surface area contributed by atoms with Gasteiger partial charge >= 0.3 is 5.97 Å². The van der Waals surface area contributed by atoms with E-state index in [2.05, 4.69) is 20.2 Å². The van der Waals surface area contributed by atoms with Crippen LogP contribution in [0.1, 0.15) is 17.2 Å². The number of carbonyl (C=O) groups is 1. The van der Waals surface area contributed by atoms with Gasteiger partial charge in [-0.25, -0.2) is 5.10 Å². The first-order valence-corrected chi connectivity index (χ1v) is 9.02. The Morgan fingerprint density at radius 1 is 1.17 bits per heavy atom. The van der Waals surface area contributed by atoms with Gasteiger partial charge in [0.1, 0.15) is 0 Å². The number of likely N-dealkylation sites (N-methyl/N-ethyl adjacent to an activating group) is 1. The van der Waals surface area contributed by atoms with Crippen LogP contribution < -0.4 is 5.56 Å². The average molecular weight is 389 g/mol. The molecule has 1 atom stereocenters. The first kappa shape index (κ1) is 18.6. The molecule has 8 heteroatoms. The van der Waals surface area contributed by atoms with Gasteiger partial charge in [0.15, 0.2) is 0 Å². The van der Waals surface area contributed by atoms with Gasteiger partial charge in [0, 0.05) is 35.2 Å². The zero-order valence-electron chi connectivity index (χ0n) is 15.7. The van der Waals surface area contributed by atoms with Crippen molar-refractivity contribution >= 4 is 16.9 Å². The van der Waals surface area contributed by atoms with Gasteiger partial charge in [-0.3, -0.25) is 19.5 Å². The Hall–Kier alpha value is -3.78. The standard InChI is InChI=1S/C21H19N5O3/c1-26(12-19(27)28)20(15-3-2-13-6-9-23-17(13)10-15)16-11-18(24-25-21(16)29)14-4-7-22-8-5-14/h2-11,20,23H,12H2,1H3,(H,25,29)(H,27,28). The number of carboxylic acid groups (broad SMARTS) is 1. The molecule has 0 aliphatic rings. The fraction of sp³-hybridized carbons (Fsp3) is 0.143. The summed E-state index contributed by atoms with van der Waals surface area (Å²) in [6.45, 7) is -0.222. The lowest BCUT2D eigenvalue weighted by Crippen LogP contribution is -2.34. The molecule has 1 aromatic carbocycles. The van der Waals surface area contributed by atoms with E-state index in [0.29, 0.717) is 11.3 Å². The molecular formula is C21H19N5O3. The van der Waals surface area contributed by atoms with Crippen molar-refractivity contribution in [3.05, 3.63) is 82.5 Å². The second-order valence-corrected chi connectivity index (χ2v) is 6.81. The molecule has 4 aromatic rings. The van der Waals surface area contributed by atoms with E-state index < -0.39 is 12.0 Å². The van der Waals surface area contributed by atoms with Crippen LogP contribution in [0, 0.1) is 0 Å². The number of hydrogen-bond acceptors (Lipinski definition) is 5. The molecule has 0 aliphatic heterocycles. The number of carboxylic acids is 1. The molecule has 3 heterocycles. The van der Waals surface area contributed by atoms with E-state index in [9.17, 15) is 14.7 Å². The molecule has 146 valence electrons. The van der Waals surface area contributed by atoms with Gasteiger partial charge in [0.05, 0.1) is 18.3 Å². The van der Waals surface area contributed by atoms with Crippen molar-refractivity contribution in [3.63, 3.8) is 0 Å². The zero-order valence-corrected chi connectivity index (χ0v) is 15.7. The van der Waals surface area contributed by atoms with Crippen LogP contribution >= 0.6 is 0 Å². The Balaban J connectivity index is 1.86. The van der Waals surface area contributed by atoms with Crippen molar-refractivity contribution in [2.75, 3.05) is 13.6 Å². The summed E-state index contributed by atoms with van der Waals surface area (Å²) in [6, 6.07) is 12.5. The quantitative estimate of drug-likeness (QED) is 0.467. The largest absolute Gasteiger partial charge is 0.480 e. The van der Waals surface area contributed by atoms with Crippen molar-refractivity contribution in [2.24, 2.45) is 0 Å². The third-order valence-electron chi connectivity index (χ3n) is 4.82. The van der Waals surface area contributed by atoms with Gasteiger partial charge in [-0.15, -0.1) is 0 Å². The highest BCUT2D eigenvalue weighted by Gasteiger charge is 2.25. The lowest BCUT2D eigenvalue weighted by Gasteiger charge is -2.27. The van der Waals surface area contributed by atoms with E-state index in [0.717, 1.165) is 22.0 Å². The van der Waals surface area contributed by atoms with E-state index in [4.69, 9.17) is 0 Å². The van der Waals surface area contributed by atoms with Crippen molar-refractivity contribution in [2.45, 2.75) is 6.04 Å². The number of H-pyrrole nitrogens is 2. The average Bonchev–Trinajstić information content (AvgIpc) is 3.18. The van der Waals surface area contributed by atoms with Crippen molar-refractivity contribution in [1.82, 2.24) is 25.1 Å². The van der Waals surface area contributed by atoms with Gasteiger partial charge in [-0.2, -0.15) is 5.10 Å². The maximum atomic E-state index is 12.7. The first-order chi connectivity index (χ1) is 14.0. The Bertz CT molecular complexity index is 1220. The topological polar surface area (TPSA) is 115 Å². The molecule has 0 aliphatic carbocycles. The monoisotopic (exact) mass is 389 g/mol. The third kappa shape index (κ3) is 3.78. The molecule has 0 radical (unpaired) electrons. The molecule has 0 bridgehead atoms. The summed E-state index contributed by atoms with van der Waals surface area (Å²) in [6.07, 6.45) is 5.13. The number of hydrogen-bond donors (Lipinski definition) is 3. The number of nitrogens with zero attached hydrogens (tertiary/aromatic N) is 3. The lowest BCUT2D eigenvalue weighted by atomic mass is 9.96. The number of aromatic nitrogens is 4. The molecule has 8 nitrogen and oxygen atoms in total. The summed E-state index contributed by atoms with van der Waals surface area (Å²) in [5.41, 5.74) is 3.16. The Kier molecular flexibility index (Phi) is 4.92. The minimum atomic E-state index is -0.974. The van der Waals surface area contributed by atoms with Crippen LogP contribution in [-0.4, -0.2) is 49.7 Å². The van der Waals surface area contributed by atoms with E-state index in [1.54, 1.807) is 42.5 Å². The van der Waals surface area contributed by atoms with Crippen LogP contribution in [0.3, 0.4) is 0 Å². The maximum Gasteiger partial charge on any atom is 0.317 e. The molecule has 3 N–H and O–H groups in total. The van der Waals surface area contributed by atoms with Crippen LogP contribution in [0.5, 0.6) is 0 Å². The van der Waals surface area contributed by atoms with Gasteiger partial charge in [0.25, 0.3) is 5.56 Å². The minimum absolute atomic E-state index is 0.222. The second-order valence-electron chi connectivity index (χ2n) is 6.81. The van der Waals surface area contributed by atoms with Crippen LogP contribution in [0.25, 0.3) is 22.2 Å². The van der Waals surface area contributed by atoms with E-state index in [1.165, 1.54) is 0 Å².